The number of halogens is 1. The Balaban J connectivity index is 1.30. The number of nitriles is 2. The first-order valence-electron chi connectivity index (χ1n) is 14.5. The van der Waals surface area contributed by atoms with Crippen molar-refractivity contribution >= 4 is 29.3 Å². The lowest BCUT2D eigenvalue weighted by Crippen LogP contribution is -2.37. The van der Waals surface area contributed by atoms with Gasteiger partial charge in [-0.05, 0) is 77.6 Å². The first-order chi connectivity index (χ1) is 21.5. The molecule has 232 valence electrons. The summed E-state index contributed by atoms with van der Waals surface area (Å²) in [4.78, 5) is 25.4. The van der Waals surface area contributed by atoms with Gasteiger partial charge in [-0.2, -0.15) is 20.7 Å². The number of aromatic nitrogens is 4. The Labute approximate surface area is 263 Å². The van der Waals surface area contributed by atoms with Crippen LogP contribution in [0.15, 0.2) is 52.6 Å². The second-order valence-corrected chi connectivity index (χ2v) is 12.9. The van der Waals surface area contributed by atoms with Crippen molar-refractivity contribution in [1.82, 2.24) is 24.7 Å². The second-order valence-electron chi connectivity index (χ2n) is 11.8. The molecule has 0 atom stereocenters. The van der Waals surface area contributed by atoms with E-state index in [9.17, 15) is 24.5 Å². The number of carbonyl (C=O) groups is 2. The lowest BCUT2D eigenvalue weighted by atomic mass is 9.92. The number of alkyl carbamates (subject to hydrolysis) is 1. The van der Waals surface area contributed by atoms with Crippen molar-refractivity contribution in [2.45, 2.75) is 80.9 Å². The molecule has 0 aliphatic heterocycles. The number of hydrogen-bond acceptors (Lipinski definition) is 9. The molecule has 1 amide bonds. The maximum Gasteiger partial charge on any atom is 0.408 e. The molecule has 0 unspecified atom stereocenters. The van der Waals surface area contributed by atoms with E-state index < -0.39 is 23.5 Å². The van der Waals surface area contributed by atoms with Crippen LogP contribution in [0.2, 0.25) is 0 Å². The summed E-state index contributed by atoms with van der Waals surface area (Å²) in [6.07, 6.45) is 7.05. The first kappa shape index (κ1) is 31.5. The third-order valence-corrected chi connectivity index (χ3v) is 8.51. The molecule has 45 heavy (non-hydrogen) atoms. The summed E-state index contributed by atoms with van der Waals surface area (Å²) >= 11 is 1.27. The number of pyridine rings is 1. The molecule has 1 aliphatic carbocycles. The van der Waals surface area contributed by atoms with Crippen molar-refractivity contribution in [3.8, 4) is 23.3 Å². The van der Waals surface area contributed by atoms with Gasteiger partial charge in [0.05, 0.1) is 35.1 Å². The van der Waals surface area contributed by atoms with E-state index in [4.69, 9.17) is 14.6 Å². The quantitative estimate of drug-likeness (QED) is 0.240. The van der Waals surface area contributed by atoms with Gasteiger partial charge in [0.1, 0.15) is 36.2 Å². The summed E-state index contributed by atoms with van der Waals surface area (Å²) in [5, 5.41) is 30.8. The molecular weight excluding hydrogens is 597 g/mol. The fraction of sp³-hybridized carbons (Fsp3) is 0.375. The van der Waals surface area contributed by atoms with Gasteiger partial charge in [-0.15, -0.1) is 0 Å². The van der Waals surface area contributed by atoms with Gasteiger partial charge in [0.2, 0.25) is 0 Å². The zero-order valence-electron chi connectivity index (χ0n) is 25.3. The van der Waals surface area contributed by atoms with Crippen LogP contribution in [-0.2, 0) is 14.3 Å². The molecule has 1 N–H and O–H groups in total. The summed E-state index contributed by atoms with van der Waals surface area (Å²) in [6, 6.07) is 10.3. The molecule has 1 fully saturated rings. The van der Waals surface area contributed by atoms with Crippen LogP contribution >= 0.6 is 11.8 Å². The minimum absolute atomic E-state index is 0.110. The summed E-state index contributed by atoms with van der Waals surface area (Å²) in [7, 11) is 0. The third kappa shape index (κ3) is 7.27. The highest BCUT2D eigenvalue weighted by molar-refractivity contribution is 7.99. The summed E-state index contributed by atoms with van der Waals surface area (Å²) in [5.74, 6) is -1.01. The first-order valence-corrected chi connectivity index (χ1v) is 15.3. The van der Waals surface area contributed by atoms with Gasteiger partial charge in [-0.3, -0.25) is 9.48 Å². The normalized spacial score (nSPS) is 16.5. The molecule has 1 saturated carbocycles. The van der Waals surface area contributed by atoms with E-state index in [1.165, 1.54) is 30.1 Å². The molecule has 3 heterocycles. The van der Waals surface area contributed by atoms with Crippen molar-refractivity contribution in [2.75, 3.05) is 6.54 Å². The number of nitrogens with zero attached hydrogens (tertiary/aromatic N) is 6. The monoisotopic (exact) mass is 629 g/mol. The van der Waals surface area contributed by atoms with Gasteiger partial charge in [-0.25, -0.2) is 13.7 Å². The molecule has 0 bridgehead atoms. The van der Waals surface area contributed by atoms with Crippen LogP contribution in [0, 0.1) is 35.4 Å². The Morgan fingerprint density at radius 3 is 2.49 bits per heavy atom. The van der Waals surface area contributed by atoms with Crippen molar-refractivity contribution in [3.05, 3.63) is 65.5 Å². The van der Waals surface area contributed by atoms with Crippen LogP contribution in [0.4, 0.5) is 9.18 Å². The second kappa shape index (κ2) is 13.0. The molecule has 1 aromatic carbocycles. The molecule has 13 heteroatoms. The Morgan fingerprint density at radius 2 is 1.80 bits per heavy atom. The number of nitrogens with one attached hydrogen (secondary N) is 1. The van der Waals surface area contributed by atoms with E-state index in [0.29, 0.717) is 33.7 Å². The highest BCUT2D eigenvalue weighted by atomic mass is 32.2. The maximum absolute atomic E-state index is 13.8. The average Bonchev–Trinajstić information content (AvgIpc) is 3.59. The van der Waals surface area contributed by atoms with Crippen molar-refractivity contribution in [3.63, 3.8) is 0 Å². The predicted molar refractivity (Wildman–Crippen MR) is 163 cm³/mol. The minimum Gasteiger partial charge on any atom is -0.461 e. The smallest absolute Gasteiger partial charge is 0.408 e. The van der Waals surface area contributed by atoms with E-state index >= 15 is 0 Å². The summed E-state index contributed by atoms with van der Waals surface area (Å²) in [6.45, 7) is 6.97. The third-order valence-electron chi connectivity index (χ3n) is 7.40. The van der Waals surface area contributed by atoms with Gasteiger partial charge in [0, 0.05) is 32.8 Å². The summed E-state index contributed by atoms with van der Waals surface area (Å²) < 4.78 is 28.2. The Morgan fingerprint density at radius 1 is 1.07 bits per heavy atom. The average molecular weight is 630 g/mol. The SMILES string of the molecule is Cc1c(-c2cc(Sc3ccc(F)cc3C#N)c3c(C#N)cnn3c2)cnn1[C@H]1CC[C@H](OC(=O)CNC(=O)OC(C)(C)C)CC1. The molecule has 11 nitrogen and oxygen atoms in total. The lowest BCUT2D eigenvalue weighted by molar-refractivity contribution is -0.149. The molecule has 5 rings (SSSR count). The predicted octanol–water partition coefficient (Wildman–Crippen LogP) is 6.09. The molecule has 4 aromatic rings. The molecule has 0 saturated heterocycles. The van der Waals surface area contributed by atoms with E-state index in [1.807, 2.05) is 29.9 Å². The molecule has 3 aromatic heterocycles. The van der Waals surface area contributed by atoms with Gasteiger partial charge < -0.3 is 14.8 Å². The van der Waals surface area contributed by atoms with Crippen LogP contribution in [0.5, 0.6) is 0 Å². The van der Waals surface area contributed by atoms with Crippen LogP contribution in [0.3, 0.4) is 0 Å². The lowest BCUT2D eigenvalue weighted by Gasteiger charge is -2.29. The van der Waals surface area contributed by atoms with Gasteiger partial charge in [-0.1, -0.05) is 11.8 Å². The Kier molecular flexibility index (Phi) is 9.11. The fourth-order valence-corrected chi connectivity index (χ4v) is 6.43. The van der Waals surface area contributed by atoms with E-state index in [1.54, 1.807) is 37.5 Å². The minimum atomic E-state index is -0.668. The van der Waals surface area contributed by atoms with Crippen molar-refractivity contribution in [1.29, 1.82) is 10.5 Å². The van der Waals surface area contributed by atoms with Crippen molar-refractivity contribution in [2.24, 2.45) is 0 Å². The summed E-state index contributed by atoms with van der Waals surface area (Å²) in [5.41, 5.74) is 3.17. The number of benzene rings is 1. The van der Waals surface area contributed by atoms with Gasteiger partial charge in [0.15, 0.2) is 0 Å². The molecule has 1 aliphatic rings. The van der Waals surface area contributed by atoms with E-state index in [-0.39, 0.29) is 24.3 Å². The molecule has 0 spiro atoms. The van der Waals surface area contributed by atoms with Crippen LogP contribution < -0.4 is 5.32 Å². The van der Waals surface area contributed by atoms with E-state index in [2.05, 4.69) is 16.5 Å². The van der Waals surface area contributed by atoms with Crippen LogP contribution in [0.1, 0.15) is 69.3 Å². The fourth-order valence-electron chi connectivity index (χ4n) is 5.36. The number of esters is 1. The van der Waals surface area contributed by atoms with Crippen molar-refractivity contribution < 1.29 is 23.5 Å². The zero-order valence-corrected chi connectivity index (χ0v) is 26.2. The maximum atomic E-state index is 13.8. The highest BCUT2D eigenvalue weighted by Gasteiger charge is 2.28. The van der Waals surface area contributed by atoms with Crippen LogP contribution in [0.25, 0.3) is 16.6 Å². The topological polar surface area (TPSA) is 147 Å². The molecular formula is C32H32FN7O4S. The molecule has 0 radical (unpaired) electrons. The Bertz CT molecular complexity index is 1840. The number of ether oxygens (including phenoxy) is 2. The standard InChI is InChI=1S/C32H32FN7O4S/c1-19-26(16-38-40(19)24-6-8-25(9-7-24)43-29(41)17-36-31(42)44-32(2,3)4)21-12-28(30-22(14-35)15-37-39(30)18-21)45-27-10-5-23(33)11-20(27)13-34/h5,10-12,15-16,18,24-25H,6-9,17H2,1-4H3,(H,36,42)/t24-,25-. The number of hydrogen-bond donors (Lipinski definition) is 1. The Hall–Kier alpha value is -4.88. The van der Waals surface area contributed by atoms with Crippen LogP contribution in [-0.4, -0.2) is 49.7 Å². The largest absolute Gasteiger partial charge is 0.461 e. The zero-order chi connectivity index (χ0) is 32.3. The van der Waals surface area contributed by atoms with E-state index in [0.717, 1.165) is 29.7 Å². The number of carbonyl (C=O) groups excluding carboxylic acids is 2. The number of fused-ring (bicyclic) bond motifs is 1. The van der Waals surface area contributed by atoms with Gasteiger partial charge >= 0.3 is 12.1 Å². The highest BCUT2D eigenvalue weighted by Crippen LogP contribution is 2.39. The number of amides is 1. The number of rotatable bonds is 7. The van der Waals surface area contributed by atoms with Gasteiger partial charge in [0.25, 0.3) is 0 Å².